The van der Waals surface area contributed by atoms with Gasteiger partial charge in [-0.2, -0.15) is 0 Å². The Kier molecular flexibility index (Phi) is 6.64. The van der Waals surface area contributed by atoms with Crippen LogP contribution in [-0.2, 0) is 4.84 Å². The molecule has 0 spiro atoms. The molecule has 0 bridgehead atoms. The van der Waals surface area contributed by atoms with Crippen molar-refractivity contribution in [2.75, 3.05) is 13.2 Å². The quantitative estimate of drug-likeness (QED) is 0.496. The summed E-state index contributed by atoms with van der Waals surface area (Å²) in [5.41, 5.74) is 0.748. The van der Waals surface area contributed by atoms with Gasteiger partial charge in [0.2, 0.25) is 0 Å². The summed E-state index contributed by atoms with van der Waals surface area (Å²) in [4.78, 5) is 4.67. The fraction of sp³-hybridized carbons (Fsp3) is 0.750. The van der Waals surface area contributed by atoms with Crippen molar-refractivity contribution < 1.29 is 10.0 Å². The van der Waals surface area contributed by atoms with E-state index in [-0.39, 0.29) is 18.4 Å². The van der Waals surface area contributed by atoms with Gasteiger partial charge in [-0.25, -0.2) is 0 Å². The molecular formula is C8H16N2O4-2. The van der Waals surface area contributed by atoms with Crippen molar-refractivity contribution in [3.8, 4) is 0 Å². The van der Waals surface area contributed by atoms with Gasteiger partial charge in [0.15, 0.2) is 0 Å². The van der Waals surface area contributed by atoms with Crippen LogP contribution >= 0.6 is 0 Å². The Morgan fingerprint density at radius 1 is 1.57 bits per heavy atom. The average molecular weight is 204 g/mol. The molecule has 0 amide bonds. The van der Waals surface area contributed by atoms with E-state index in [4.69, 9.17) is 5.21 Å². The van der Waals surface area contributed by atoms with E-state index in [9.17, 15) is 10.4 Å². The zero-order valence-corrected chi connectivity index (χ0v) is 8.47. The van der Waals surface area contributed by atoms with E-state index < -0.39 is 6.04 Å². The smallest absolute Gasteiger partial charge is 0.0645 e. The third-order valence-electron chi connectivity index (χ3n) is 1.51. The normalized spacial score (nSPS) is 13.6. The number of hydrogen-bond donors (Lipinski definition) is 1. The number of hydrogen-bond acceptors (Lipinski definition) is 6. The minimum atomic E-state index is -0.727. The van der Waals surface area contributed by atoms with E-state index in [0.29, 0.717) is 11.6 Å². The Balaban J connectivity index is 4.14. The predicted octanol–water partition coefficient (Wildman–Crippen LogP) is 1.26. The molecule has 0 saturated carbocycles. The van der Waals surface area contributed by atoms with Crippen LogP contribution in [0.15, 0.2) is 12.2 Å². The van der Waals surface area contributed by atoms with Crippen molar-refractivity contribution >= 4 is 0 Å². The van der Waals surface area contributed by atoms with Gasteiger partial charge in [-0.05, 0) is 20.3 Å². The molecule has 0 aromatic heterocycles. The Morgan fingerprint density at radius 2 is 2.14 bits per heavy atom. The third-order valence-corrected chi connectivity index (χ3v) is 1.51. The molecule has 0 aliphatic rings. The Bertz CT molecular complexity index is 175. The SMILES string of the molecule is C=C(C)CC(CN([O-])O)N([O-])OCC. The highest BCUT2D eigenvalue weighted by Crippen LogP contribution is 2.10. The molecule has 1 N–H and O–H groups in total. The summed E-state index contributed by atoms with van der Waals surface area (Å²) in [6.07, 6.45) is 0.308. The predicted molar refractivity (Wildman–Crippen MR) is 51.9 cm³/mol. The first-order chi connectivity index (χ1) is 6.47. The van der Waals surface area contributed by atoms with Gasteiger partial charge in [0.25, 0.3) is 0 Å². The molecule has 14 heavy (non-hydrogen) atoms. The molecule has 6 heteroatoms. The second-order valence-corrected chi connectivity index (χ2v) is 3.05. The summed E-state index contributed by atoms with van der Waals surface area (Å²) < 4.78 is 0. The topological polar surface area (TPSA) is 82.1 Å². The molecule has 0 fully saturated rings. The minimum absolute atomic E-state index is 0.223. The van der Waals surface area contributed by atoms with Gasteiger partial charge >= 0.3 is 0 Å². The summed E-state index contributed by atoms with van der Waals surface area (Å²) in [5.74, 6) is 0. The van der Waals surface area contributed by atoms with E-state index in [0.717, 1.165) is 5.57 Å². The summed E-state index contributed by atoms with van der Waals surface area (Å²) >= 11 is 0. The second kappa shape index (κ2) is 6.88. The van der Waals surface area contributed by atoms with Crippen molar-refractivity contribution in [1.29, 1.82) is 0 Å². The monoisotopic (exact) mass is 204 g/mol. The first kappa shape index (κ1) is 13.5. The highest BCUT2D eigenvalue weighted by atomic mass is 16.9. The molecular weight excluding hydrogens is 188 g/mol. The summed E-state index contributed by atoms with van der Waals surface area (Å²) in [6.45, 7) is 6.92. The van der Waals surface area contributed by atoms with Crippen molar-refractivity contribution in [3.63, 3.8) is 0 Å². The fourth-order valence-electron chi connectivity index (χ4n) is 1.02. The van der Waals surface area contributed by atoms with Crippen LogP contribution in [0.25, 0.3) is 0 Å². The van der Waals surface area contributed by atoms with Crippen molar-refractivity contribution in [2.24, 2.45) is 0 Å². The van der Waals surface area contributed by atoms with Crippen LogP contribution < -0.4 is 0 Å². The molecule has 0 aliphatic carbocycles. The number of nitrogens with zero attached hydrogens (tertiary/aromatic N) is 2. The number of hydroxylamine groups is 4. The minimum Gasteiger partial charge on any atom is -0.762 e. The van der Waals surface area contributed by atoms with Gasteiger partial charge in [0.1, 0.15) is 0 Å². The zero-order chi connectivity index (χ0) is 11.1. The lowest BCUT2D eigenvalue weighted by Gasteiger charge is -2.38. The lowest BCUT2D eigenvalue weighted by atomic mass is 10.1. The van der Waals surface area contributed by atoms with Gasteiger partial charge in [-0.3, -0.25) is 10.5 Å². The van der Waals surface area contributed by atoms with Crippen molar-refractivity contribution in [1.82, 2.24) is 10.5 Å². The van der Waals surface area contributed by atoms with Crippen molar-refractivity contribution in [2.45, 2.75) is 26.3 Å². The summed E-state index contributed by atoms with van der Waals surface area (Å²) in [7, 11) is 0. The molecule has 0 heterocycles. The summed E-state index contributed by atoms with van der Waals surface area (Å²) in [6, 6.07) is -0.727. The Labute approximate surface area is 83.4 Å². The van der Waals surface area contributed by atoms with Crippen molar-refractivity contribution in [3.05, 3.63) is 22.6 Å². The molecule has 0 aromatic rings. The molecule has 0 radical (unpaired) electrons. The van der Waals surface area contributed by atoms with Crippen LogP contribution in [-0.4, -0.2) is 34.9 Å². The maximum Gasteiger partial charge on any atom is 0.0645 e. The fourth-order valence-corrected chi connectivity index (χ4v) is 1.02. The first-order valence-corrected chi connectivity index (χ1v) is 4.34. The molecule has 1 unspecified atom stereocenters. The molecule has 6 nitrogen and oxygen atoms in total. The van der Waals surface area contributed by atoms with Crippen LogP contribution in [0.1, 0.15) is 20.3 Å². The second-order valence-electron chi connectivity index (χ2n) is 3.05. The van der Waals surface area contributed by atoms with Gasteiger partial charge in [0, 0.05) is 12.6 Å². The molecule has 0 aliphatic heterocycles. The average Bonchev–Trinajstić information content (AvgIpc) is 2.01. The molecule has 0 aromatic carbocycles. The van der Waals surface area contributed by atoms with E-state index in [1.54, 1.807) is 13.8 Å². The Morgan fingerprint density at radius 3 is 2.50 bits per heavy atom. The van der Waals surface area contributed by atoms with E-state index in [1.807, 2.05) is 0 Å². The van der Waals surface area contributed by atoms with Crippen LogP contribution in [0.4, 0.5) is 0 Å². The molecule has 1 atom stereocenters. The van der Waals surface area contributed by atoms with Gasteiger partial charge in [-0.15, -0.1) is 6.58 Å². The Hall–Kier alpha value is -0.500. The van der Waals surface area contributed by atoms with Gasteiger partial charge in [0.05, 0.1) is 6.61 Å². The van der Waals surface area contributed by atoms with E-state index in [2.05, 4.69) is 11.4 Å². The highest BCUT2D eigenvalue weighted by molar-refractivity contribution is 4.93. The zero-order valence-electron chi connectivity index (χ0n) is 8.47. The lowest BCUT2D eigenvalue weighted by molar-refractivity contribution is -0.164. The lowest BCUT2D eigenvalue weighted by Crippen LogP contribution is -2.38. The highest BCUT2D eigenvalue weighted by Gasteiger charge is 2.11. The van der Waals surface area contributed by atoms with Crippen LogP contribution in [0.5, 0.6) is 0 Å². The van der Waals surface area contributed by atoms with Crippen LogP contribution in [0.2, 0.25) is 0 Å². The molecule has 84 valence electrons. The van der Waals surface area contributed by atoms with Gasteiger partial charge < -0.3 is 20.5 Å². The van der Waals surface area contributed by atoms with Crippen LogP contribution in [0, 0.1) is 10.4 Å². The maximum absolute atomic E-state index is 11.2. The summed E-state index contributed by atoms with van der Waals surface area (Å²) in [5, 5.41) is 30.1. The number of rotatable bonds is 7. The largest absolute Gasteiger partial charge is 0.762 e. The molecule has 0 rings (SSSR count). The maximum atomic E-state index is 11.2. The molecule has 0 saturated heterocycles. The van der Waals surface area contributed by atoms with E-state index in [1.165, 1.54) is 0 Å². The van der Waals surface area contributed by atoms with E-state index >= 15 is 0 Å². The van der Waals surface area contributed by atoms with Crippen LogP contribution in [0.3, 0.4) is 0 Å². The standard InChI is InChI=1S/C8H16N2O4/c1-4-14-10(13)8(5-7(2)3)6-9(11)12/h8,11H,2,4-6H2,1,3H3/q-2. The van der Waals surface area contributed by atoms with Gasteiger partial charge in [-0.1, -0.05) is 5.57 Å². The first-order valence-electron chi connectivity index (χ1n) is 4.34. The third kappa shape index (κ3) is 6.03.